The minimum atomic E-state index is 0.347. The zero-order valence-electron chi connectivity index (χ0n) is 11.7. The zero-order chi connectivity index (χ0) is 14.0. The van der Waals surface area contributed by atoms with Crippen LogP contribution in [-0.4, -0.2) is 24.4 Å². The predicted molar refractivity (Wildman–Crippen MR) is 75.6 cm³/mol. The van der Waals surface area contributed by atoms with Gasteiger partial charge in [-0.25, -0.2) is 0 Å². The summed E-state index contributed by atoms with van der Waals surface area (Å²) in [7, 11) is 3.25. The fourth-order valence-electron chi connectivity index (χ4n) is 2.17. The number of nitrogens with one attached hydrogen (secondary N) is 1. The number of anilines is 1. The molecule has 102 valence electrons. The summed E-state index contributed by atoms with van der Waals surface area (Å²) in [6.45, 7) is 4.26. The van der Waals surface area contributed by atoms with Gasteiger partial charge in [-0.05, 0) is 17.5 Å². The normalized spacial score (nSPS) is 10.8. The van der Waals surface area contributed by atoms with Gasteiger partial charge in [0.2, 0.25) is 0 Å². The Morgan fingerprint density at radius 3 is 2.42 bits per heavy atom. The lowest BCUT2D eigenvalue weighted by molar-refractivity contribution is 0.355. The minimum absolute atomic E-state index is 0.347. The van der Waals surface area contributed by atoms with Crippen LogP contribution in [0.4, 0.5) is 5.82 Å². The summed E-state index contributed by atoms with van der Waals surface area (Å²) >= 11 is 0. The molecule has 0 aliphatic rings. The van der Waals surface area contributed by atoms with Gasteiger partial charge in [0.05, 0.1) is 19.9 Å². The maximum absolute atomic E-state index is 5.69. The van der Waals surface area contributed by atoms with Crippen molar-refractivity contribution in [3.8, 4) is 22.8 Å². The lowest BCUT2D eigenvalue weighted by atomic mass is 9.94. The number of nitrogens with zero attached hydrogens (tertiary/aromatic N) is 1. The topological polar surface area (TPSA) is 73.2 Å². The molecule has 0 saturated heterocycles. The number of hydrogen-bond acceptors (Lipinski definition) is 4. The summed E-state index contributed by atoms with van der Waals surface area (Å²) in [6.07, 6.45) is 0. The second-order valence-electron chi connectivity index (χ2n) is 4.63. The van der Waals surface area contributed by atoms with E-state index in [2.05, 4.69) is 24.0 Å². The van der Waals surface area contributed by atoms with Gasteiger partial charge in [-0.2, -0.15) is 5.10 Å². The summed E-state index contributed by atoms with van der Waals surface area (Å²) in [4.78, 5) is 0. The summed E-state index contributed by atoms with van der Waals surface area (Å²) in [5.41, 5.74) is 8.62. The molecule has 0 atom stereocenters. The van der Waals surface area contributed by atoms with Crippen molar-refractivity contribution in [2.45, 2.75) is 19.8 Å². The van der Waals surface area contributed by atoms with Crippen LogP contribution in [0.25, 0.3) is 11.3 Å². The van der Waals surface area contributed by atoms with Crippen LogP contribution in [0.15, 0.2) is 18.2 Å². The van der Waals surface area contributed by atoms with Gasteiger partial charge in [0.25, 0.3) is 0 Å². The molecular weight excluding hydrogens is 242 g/mol. The van der Waals surface area contributed by atoms with Crippen molar-refractivity contribution in [2.75, 3.05) is 20.0 Å². The molecule has 5 nitrogen and oxygen atoms in total. The molecule has 1 aromatic heterocycles. The van der Waals surface area contributed by atoms with E-state index in [0.717, 1.165) is 16.8 Å². The number of nitrogen functional groups attached to an aromatic ring is 1. The maximum Gasteiger partial charge on any atom is 0.170 e. The van der Waals surface area contributed by atoms with E-state index in [1.165, 1.54) is 0 Å². The Bertz CT molecular complexity index is 576. The average molecular weight is 261 g/mol. The molecule has 1 aromatic carbocycles. The highest BCUT2D eigenvalue weighted by atomic mass is 16.5. The van der Waals surface area contributed by atoms with Crippen molar-refractivity contribution < 1.29 is 9.47 Å². The van der Waals surface area contributed by atoms with Crippen molar-refractivity contribution in [1.82, 2.24) is 10.2 Å². The third-order valence-corrected chi connectivity index (χ3v) is 3.07. The molecule has 2 aromatic rings. The first-order valence-corrected chi connectivity index (χ1v) is 6.14. The maximum atomic E-state index is 5.69. The number of rotatable bonds is 4. The van der Waals surface area contributed by atoms with Gasteiger partial charge in [0.1, 0.15) is 5.82 Å². The predicted octanol–water partition coefficient (Wildman–Crippen LogP) is 2.80. The Balaban J connectivity index is 2.72. The second-order valence-corrected chi connectivity index (χ2v) is 4.63. The van der Waals surface area contributed by atoms with Crippen molar-refractivity contribution in [1.29, 1.82) is 0 Å². The van der Waals surface area contributed by atoms with E-state index < -0.39 is 0 Å². The summed E-state index contributed by atoms with van der Waals surface area (Å²) in [5.74, 6) is 2.18. The number of ether oxygens (including phenoxy) is 2. The number of methoxy groups -OCH3 is 2. The van der Waals surface area contributed by atoms with E-state index in [1.54, 1.807) is 20.3 Å². The molecule has 2 rings (SSSR count). The molecule has 0 fully saturated rings. The van der Waals surface area contributed by atoms with Crippen LogP contribution >= 0.6 is 0 Å². The van der Waals surface area contributed by atoms with E-state index in [9.17, 15) is 0 Å². The van der Waals surface area contributed by atoms with E-state index in [1.807, 2.05) is 12.1 Å². The Hall–Kier alpha value is -2.17. The highest BCUT2D eigenvalue weighted by Gasteiger charge is 2.19. The number of nitrogens with two attached hydrogens (primary N) is 1. The van der Waals surface area contributed by atoms with Crippen LogP contribution in [0.5, 0.6) is 11.5 Å². The number of aromatic nitrogens is 2. The standard InChI is InChI=1S/C14H19N3O2/c1-8(2)9-5-6-11(18-3)14(19-4)13(9)10-7-12(15)17-16-10/h5-8H,1-4H3,(H3,15,16,17). The molecule has 1 heterocycles. The Kier molecular flexibility index (Phi) is 3.64. The summed E-state index contributed by atoms with van der Waals surface area (Å²) in [6, 6.07) is 5.75. The van der Waals surface area contributed by atoms with E-state index >= 15 is 0 Å². The first-order valence-electron chi connectivity index (χ1n) is 6.14. The molecule has 5 heteroatoms. The van der Waals surface area contributed by atoms with Gasteiger partial charge >= 0.3 is 0 Å². The summed E-state index contributed by atoms with van der Waals surface area (Å²) in [5, 5.41) is 6.91. The van der Waals surface area contributed by atoms with Crippen LogP contribution in [0, 0.1) is 0 Å². The molecule has 0 aliphatic carbocycles. The smallest absolute Gasteiger partial charge is 0.170 e. The fourth-order valence-corrected chi connectivity index (χ4v) is 2.17. The van der Waals surface area contributed by atoms with Crippen molar-refractivity contribution in [3.63, 3.8) is 0 Å². The van der Waals surface area contributed by atoms with E-state index in [4.69, 9.17) is 15.2 Å². The van der Waals surface area contributed by atoms with Gasteiger partial charge in [0.15, 0.2) is 11.5 Å². The lowest BCUT2D eigenvalue weighted by Crippen LogP contribution is -1.99. The first-order chi connectivity index (χ1) is 9.08. The van der Waals surface area contributed by atoms with Crippen molar-refractivity contribution >= 4 is 5.82 Å². The molecule has 19 heavy (non-hydrogen) atoms. The van der Waals surface area contributed by atoms with Crippen LogP contribution in [0.3, 0.4) is 0 Å². The average Bonchev–Trinajstić information content (AvgIpc) is 2.82. The Labute approximate surface area is 112 Å². The molecule has 0 aliphatic heterocycles. The van der Waals surface area contributed by atoms with Crippen LogP contribution < -0.4 is 15.2 Å². The third kappa shape index (κ3) is 2.36. The molecule has 0 unspecified atom stereocenters. The molecule has 0 bridgehead atoms. The van der Waals surface area contributed by atoms with Crippen LogP contribution in [-0.2, 0) is 0 Å². The monoisotopic (exact) mass is 261 g/mol. The molecule has 0 saturated carbocycles. The SMILES string of the molecule is COc1ccc(C(C)C)c(-c2cc(N)n[nH]2)c1OC. The zero-order valence-corrected chi connectivity index (χ0v) is 11.7. The largest absolute Gasteiger partial charge is 0.493 e. The van der Waals surface area contributed by atoms with Crippen molar-refractivity contribution in [3.05, 3.63) is 23.8 Å². The fraction of sp³-hybridized carbons (Fsp3) is 0.357. The second kappa shape index (κ2) is 5.22. The highest BCUT2D eigenvalue weighted by Crippen LogP contribution is 2.42. The number of hydrogen-bond donors (Lipinski definition) is 2. The number of benzene rings is 1. The van der Waals surface area contributed by atoms with E-state index in [0.29, 0.717) is 23.2 Å². The van der Waals surface area contributed by atoms with Gasteiger partial charge in [-0.3, -0.25) is 5.10 Å². The number of H-pyrrole nitrogens is 1. The van der Waals surface area contributed by atoms with Crippen LogP contribution in [0.2, 0.25) is 0 Å². The van der Waals surface area contributed by atoms with Gasteiger partial charge < -0.3 is 15.2 Å². The quantitative estimate of drug-likeness (QED) is 0.887. The van der Waals surface area contributed by atoms with Gasteiger partial charge in [0, 0.05) is 11.6 Å². The van der Waals surface area contributed by atoms with Crippen molar-refractivity contribution in [2.24, 2.45) is 0 Å². The molecular formula is C14H19N3O2. The number of aromatic amines is 1. The summed E-state index contributed by atoms with van der Waals surface area (Å²) < 4.78 is 10.9. The molecule has 0 spiro atoms. The lowest BCUT2D eigenvalue weighted by Gasteiger charge is -2.18. The highest BCUT2D eigenvalue weighted by molar-refractivity contribution is 5.76. The first kappa shape index (κ1) is 13.3. The van der Waals surface area contributed by atoms with E-state index in [-0.39, 0.29) is 0 Å². The third-order valence-electron chi connectivity index (χ3n) is 3.07. The molecule has 0 radical (unpaired) electrons. The Morgan fingerprint density at radius 1 is 1.21 bits per heavy atom. The minimum Gasteiger partial charge on any atom is -0.493 e. The van der Waals surface area contributed by atoms with Gasteiger partial charge in [-0.1, -0.05) is 19.9 Å². The molecule has 0 amide bonds. The van der Waals surface area contributed by atoms with Crippen LogP contribution in [0.1, 0.15) is 25.3 Å². The Morgan fingerprint density at radius 2 is 1.95 bits per heavy atom. The molecule has 3 N–H and O–H groups in total. The van der Waals surface area contributed by atoms with Gasteiger partial charge in [-0.15, -0.1) is 0 Å².